The Kier molecular flexibility index (Phi) is 3.23. The lowest BCUT2D eigenvalue weighted by Gasteiger charge is -2.17. The van der Waals surface area contributed by atoms with Gasteiger partial charge < -0.3 is 9.30 Å². The van der Waals surface area contributed by atoms with Gasteiger partial charge >= 0.3 is 0 Å². The zero-order valence-electron chi connectivity index (χ0n) is 10.9. The first-order valence-electron chi connectivity index (χ1n) is 6.47. The van der Waals surface area contributed by atoms with Gasteiger partial charge in [-0.05, 0) is 30.5 Å². The van der Waals surface area contributed by atoms with Gasteiger partial charge in [-0.15, -0.1) is 0 Å². The molecular formula is C14H18N4O. The van der Waals surface area contributed by atoms with Crippen LogP contribution in [0.2, 0.25) is 0 Å². The van der Waals surface area contributed by atoms with Crippen molar-refractivity contribution in [3.05, 3.63) is 48.0 Å². The van der Waals surface area contributed by atoms with Crippen LogP contribution in [0.5, 0.6) is 5.75 Å². The maximum absolute atomic E-state index is 5.82. The second-order valence-corrected chi connectivity index (χ2v) is 4.92. The van der Waals surface area contributed by atoms with E-state index in [1.165, 1.54) is 0 Å². The van der Waals surface area contributed by atoms with E-state index >= 15 is 0 Å². The van der Waals surface area contributed by atoms with E-state index in [0.717, 1.165) is 29.8 Å². The van der Waals surface area contributed by atoms with Gasteiger partial charge in [-0.2, -0.15) is 0 Å². The number of rotatable bonds is 5. The van der Waals surface area contributed by atoms with Gasteiger partial charge in [-0.25, -0.2) is 10.4 Å². The van der Waals surface area contributed by atoms with Crippen LogP contribution in [0.1, 0.15) is 30.1 Å². The van der Waals surface area contributed by atoms with Crippen molar-refractivity contribution in [2.75, 3.05) is 0 Å². The van der Waals surface area contributed by atoms with Crippen molar-refractivity contribution in [1.82, 2.24) is 15.0 Å². The highest BCUT2D eigenvalue weighted by molar-refractivity contribution is 5.34. The lowest BCUT2D eigenvalue weighted by atomic mass is 10.0. The van der Waals surface area contributed by atoms with Crippen molar-refractivity contribution in [3.63, 3.8) is 0 Å². The van der Waals surface area contributed by atoms with Gasteiger partial charge in [-0.1, -0.05) is 12.1 Å². The molecule has 1 fully saturated rings. The molecule has 0 radical (unpaired) electrons. The fraction of sp³-hybridized carbons (Fsp3) is 0.357. The highest BCUT2D eigenvalue weighted by Gasteiger charge is 2.24. The third kappa shape index (κ3) is 2.62. The fourth-order valence-electron chi connectivity index (χ4n) is 2.14. The number of imidazole rings is 1. The summed E-state index contributed by atoms with van der Waals surface area (Å²) < 4.78 is 7.77. The maximum Gasteiger partial charge on any atom is 0.120 e. The van der Waals surface area contributed by atoms with Crippen molar-refractivity contribution in [2.45, 2.75) is 25.0 Å². The van der Waals surface area contributed by atoms with E-state index in [-0.39, 0.29) is 6.04 Å². The van der Waals surface area contributed by atoms with Crippen LogP contribution in [-0.2, 0) is 7.05 Å². The lowest BCUT2D eigenvalue weighted by molar-refractivity contribution is 0.302. The second-order valence-electron chi connectivity index (χ2n) is 4.92. The molecule has 1 saturated carbocycles. The molecule has 0 amide bonds. The summed E-state index contributed by atoms with van der Waals surface area (Å²) in [5.41, 5.74) is 4.93. The first-order chi connectivity index (χ1) is 9.28. The quantitative estimate of drug-likeness (QED) is 0.630. The third-order valence-corrected chi connectivity index (χ3v) is 3.33. The fourth-order valence-corrected chi connectivity index (χ4v) is 2.14. The number of hydrogen-bond donors (Lipinski definition) is 2. The lowest BCUT2D eigenvalue weighted by Crippen LogP contribution is -2.30. The Labute approximate surface area is 112 Å². The summed E-state index contributed by atoms with van der Waals surface area (Å²) in [5, 5.41) is 0. The van der Waals surface area contributed by atoms with Gasteiger partial charge in [0.15, 0.2) is 0 Å². The van der Waals surface area contributed by atoms with E-state index in [1.54, 1.807) is 6.33 Å². The van der Waals surface area contributed by atoms with Gasteiger partial charge in [0, 0.05) is 7.05 Å². The van der Waals surface area contributed by atoms with Gasteiger partial charge in [0.1, 0.15) is 5.75 Å². The largest absolute Gasteiger partial charge is 0.490 e. The molecule has 1 aromatic heterocycles. The predicted octanol–water partition coefficient (Wildman–Crippen LogP) is 1.51. The van der Waals surface area contributed by atoms with Crippen molar-refractivity contribution in [2.24, 2.45) is 12.9 Å². The normalized spacial score (nSPS) is 16.3. The number of nitrogens with zero attached hydrogens (tertiary/aromatic N) is 2. The molecule has 1 atom stereocenters. The summed E-state index contributed by atoms with van der Waals surface area (Å²) in [7, 11) is 1.96. The molecule has 3 rings (SSSR count). The Morgan fingerprint density at radius 2 is 2.32 bits per heavy atom. The molecule has 1 aromatic carbocycles. The van der Waals surface area contributed by atoms with E-state index in [1.807, 2.05) is 42.1 Å². The molecule has 0 bridgehead atoms. The van der Waals surface area contributed by atoms with E-state index in [4.69, 9.17) is 10.6 Å². The SMILES string of the molecule is Cn1cncc1C(NN)c1cccc(OC2CC2)c1. The average molecular weight is 258 g/mol. The van der Waals surface area contributed by atoms with Crippen molar-refractivity contribution in [1.29, 1.82) is 0 Å². The number of hydrazine groups is 1. The van der Waals surface area contributed by atoms with E-state index in [9.17, 15) is 0 Å². The smallest absolute Gasteiger partial charge is 0.120 e. The number of nitrogens with one attached hydrogen (secondary N) is 1. The molecule has 19 heavy (non-hydrogen) atoms. The molecule has 0 spiro atoms. The van der Waals surface area contributed by atoms with Gasteiger partial charge in [-0.3, -0.25) is 5.84 Å². The maximum atomic E-state index is 5.82. The standard InChI is InChI=1S/C14H18N4O/c1-18-9-16-8-13(18)14(17-15)10-3-2-4-12(7-10)19-11-5-6-11/h2-4,7-9,11,14,17H,5-6,15H2,1H3. The molecule has 2 aromatic rings. The Morgan fingerprint density at radius 3 is 2.95 bits per heavy atom. The first-order valence-corrected chi connectivity index (χ1v) is 6.47. The molecule has 100 valence electrons. The zero-order chi connectivity index (χ0) is 13.2. The van der Waals surface area contributed by atoms with Crippen LogP contribution >= 0.6 is 0 Å². The number of hydrogen-bond acceptors (Lipinski definition) is 4. The van der Waals surface area contributed by atoms with Crippen LogP contribution in [-0.4, -0.2) is 15.7 Å². The van der Waals surface area contributed by atoms with Gasteiger partial charge in [0.25, 0.3) is 0 Å². The molecular weight excluding hydrogens is 240 g/mol. The summed E-state index contributed by atoms with van der Waals surface area (Å²) in [6, 6.07) is 7.97. The number of ether oxygens (including phenoxy) is 1. The number of aryl methyl sites for hydroxylation is 1. The Morgan fingerprint density at radius 1 is 1.47 bits per heavy atom. The molecule has 1 unspecified atom stereocenters. The van der Waals surface area contributed by atoms with Crippen molar-refractivity contribution >= 4 is 0 Å². The summed E-state index contributed by atoms with van der Waals surface area (Å²) in [6.07, 6.45) is 6.30. The molecule has 3 N–H and O–H groups in total. The Balaban J connectivity index is 1.88. The van der Waals surface area contributed by atoms with Gasteiger partial charge in [0.05, 0.1) is 30.4 Å². The second kappa shape index (κ2) is 5.03. The molecule has 1 aliphatic carbocycles. The minimum absolute atomic E-state index is 0.0877. The predicted molar refractivity (Wildman–Crippen MR) is 72.5 cm³/mol. The van der Waals surface area contributed by atoms with Crippen LogP contribution in [0, 0.1) is 0 Å². The number of nitrogens with two attached hydrogens (primary N) is 1. The molecule has 1 aliphatic rings. The minimum Gasteiger partial charge on any atom is -0.490 e. The van der Waals surface area contributed by atoms with Crippen LogP contribution in [0.4, 0.5) is 0 Å². The molecule has 0 saturated heterocycles. The highest BCUT2D eigenvalue weighted by Crippen LogP contribution is 2.29. The van der Waals surface area contributed by atoms with E-state index in [0.29, 0.717) is 6.10 Å². The molecule has 5 nitrogen and oxygen atoms in total. The van der Waals surface area contributed by atoms with Crippen molar-refractivity contribution < 1.29 is 4.74 Å². The van der Waals surface area contributed by atoms with Crippen LogP contribution < -0.4 is 16.0 Å². The summed E-state index contributed by atoms with van der Waals surface area (Å²) in [6.45, 7) is 0. The monoisotopic (exact) mass is 258 g/mol. The highest BCUT2D eigenvalue weighted by atomic mass is 16.5. The third-order valence-electron chi connectivity index (χ3n) is 3.33. The van der Waals surface area contributed by atoms with Gasteiger partial charge in [0.2, 0.25) is 0 Å². The summed E-state index contributed by atoms with van der Waals surface area (Å²) >= 11 is 0. The Bertz CT molecular complexity index is 562. The zero-order valence-corrected chi connectivity index (χ0v) is 10.9. The van der Waals surface area contributed by atoms with Crippen molar-refractivity contribution in [3.8, 4) is 5.75 Å². The average Bonchev–Trinajstić information content (AvgIpc) is 3.13. The first kappa shape index (κ1) is 12.2. The minimum atomic E-state index is -0.0877. The summed E-state index contributed by atoms with van der Waals surface area (Å²) in [5.74, 6) is 6.60. The number of aromatic nitrogens is 2. The summed E-state index contributed by atoms with van der Waals surface area (Å²) in [4.78, 5) is 4.13. The molecule has 5 heteroatoms. The molecule has 0 aliphatic heterocycles. The Hall–Kier alpha value is -1.85. The topological polar surface area (TPSA) is 65.1 Å². The van der Waals surface area contributed by atoms with Crippen LogP contribution in [0.15, 0.2) is 36.8 Å². The van der Waals surface area contributed by atoms with Crippen LogP contribution in [0.25, 0.3) is 0 Å². The van der Waals surface area contributed by atoms with Crippen LogP contribution in [0.3, 0.4) is 0 Å². The molecule has 1 heterocycles. The number of benzene rings is 1. The van der Waals surface area contributed by atoms with E-state index in [2.05, 4.69) is 10.4 Å². The van der Waals surface area contributed by atoms with E-state index < -0.39 is 0 Å².